The third-order valence-electron chi connectivity index (χ3n) is 2.26. The number of nitrogens with two attached hydrogens (primary N) is 1. The van der Waals surface area contributed by atoms with Gasteiger partial charge < -0.3 is 10.5 Å². The number of thioether (sulfide) groups is 1. The van der Waals surface area contributed by atoms with Gasteiger partial charge in [0.05, 0.1) is 12.8 Å². The topological polar surface area (TPSA) is 48.1 Å². The van der Waals surface area contributed by atoms with Crippen LogP contribution < -0.4 is 10.5 Å². The molecule has 88 valence electrons. The fraction of sp³-hybridized carbons (Fsp3) is 0.154. The molecule has 0 fully saturated rings. The molecule has 3 nitrogen and oxygen atoms in total. The van der Waals surface area contributed by atoms with E-state index in [9.17, 15) is 0 Å². The molecule has 0 unspecified atom stereocenters. The highest BCUT2D eigenvalue weighted by atomic mass is 32.2. The molecule has 2 rings (SSSR count). The van der Waals surface area contributed by atoms with Crippen molar-refractivity contribution in [2.24, 2.45) is 0 Å². The molecule has 0 saturated heterocycles. The SMILES string of the molecule is COc1cccc(SCc2cccc(N)n2)c1. The zero-order valence-corrected chi connectivity index (χ0v) is 10.4. The third kappa shape index (κ3) is 3.39. The second-order valence-corrected chi connectivity index (χ2v) is 4.57. The molecule has 0 aliphatic rings. The first-order chi connectivity index (χ1) is 8.28. The lowest BCUT2D eigenvalue weighted by molar-refractivity contribution is 0.413. The monoisotopic (exact) mass is 246 g/mol. The van der Waals surface area contributed by atoms with Crippen LogP contribution in [0, 0.1) is 0 Å². The Morgan fingerprint density at radius 3 is 2.82 bits per heavy atom. The molecule has 17 heavy (non-hydrogen) atoms. The van der Waals surface area contributed by atoms with Gasteiger partial charge in [0.25, 0.3) is 0 Å². The largest absolute Gasteiger partial charge is 0.497 e. The van der Waals surface area contributed by atoms with Gasteiger partial charge in [0.1, 0.15) is 11.6 Å². The summed E-state index contributed by atoms with van der Waals surface area (Å²) >= 11 is 1.71. The number of hydrogen-bond donors (Lipinski definition) is 1. The average molecular weight is 246 g/mol. The summed E-state index contributed by atoms with van der Waals surface area (Å²) in [4.78, 5) is 5.42. The van der Waals surface area contributed by atoms with Gasteiger partial charge in [-0.15, -0.1) is 11.8 Å². The van der Waals surface area contributed by atoms with Crippen molar-refractivity contribution in [3.05, 3.63) is 48.2 Å². The predicted molar refractivity (Wildman–Crippen MR) is 71.2 cm³/mol. The summed E-state index contributed by atoms with van der Waals surface area (Å²) in [6.45, 7) is 0. The van der Waals surface area contributed by atoms with Gasteiger partial charge >= 0.3 is 0 Å². The molecule has 0 bridgehead atoms. The van der Waals surface area contributed by atoms with Crippen LogP contribution in [-0.4, -0.2) is 12.1 Å². The van der Waals surface area contributed by atoms with E-state index < -0.39 is 0 Å². The number of methoxy groups -OCH3 is 1. The van der Waals surface area contributed by atoms with E-state index in [2.05, 4.69) is 11.1 Å². The number of ether oxygens (including phenoxy) is 1. The summed E-state index contributed by atoms with van der Waals surface area (Å²) < 4.78 is 5.18. The lowest BCUT2D eigenvalue weighted by Gasteiger charge is -2.04. The van der Waals surface area contributed by atoms with Crippen LogP contribution in [0.25, 0.3) is 0 Å². The van der Waals surface area contributed by atoms with Gasteiger partial charge in [0.2, 0.25) is 0 Å². The molecule has 0 saturated carbocycles. The van der Waals surface area contributed by atoms with Crippen LogP contribution in [0.1, 0.15) is 5.69 Å². The highest BCUT2D eigenvalue weighted by molar-refractivity contribution is 7.98. The zero-order chi connectivity index (χ0) is 12.1. The van der Waals surface area contributed by atoms with Gasteiger partial charge in [-0.2, -0.15) is 0 Å². The number of hydrogen-bond acceptors (Lipinski definition) is 4. The summed E-state index contributed by atoms with van der Waals surface area (Å²) in [6, 6.07) is 13.7. The fourth-order valence-corrected chi connectivity index (χ4v) is 2.28. The maximum absolute atomic E-state index is 5.63. The van der Waals surface area contributed by atoms with Crippen LogP contribution in [0.3, 0.4) is 0 Å². The van der Waals surface area contributed by atoms with Crippen LogP contribution in [0.2, 0.25) is 0 Å². The average Bonchev–Trinajstić information content (AvgIpc) is 2.37. The van der Waals surface area contributed by atoms with Crippen LogP contribution in [0.15, 0.2) is 47.4 Å². The molecule has 0 aliphatic carbocycles. The van der Waals surface area contributed by atoms with Crippen molar-refractivity contribution in [1.29, 1.82) is 0 Å². The first kappa shape index (κ1) is 11.8. The molecule has 4 heteroatoms. The van der Waals surface area contributed by atoms with E-state index in [-0.39, 0.29) is 0 Å². The Hall–Kier alpha value is -1.68. The van der Waals surface area contributed by atoms with E-state index in [0.29, 0.717) is 5.82 Å². The van der Waals surface area contributed by atoms with Crippen LogP contribution in [-0.2, 0) is 5.75 Å². The van der Waals surface area contributed by atoms with Crippen molar-refractivity contribution in [3.8, 4) is 5.75 Å². The lowest BCUT2D eigenvalue weighted by atomic mass is 10.3. The summed E-state index contributed by atoms with van der Waals surface area (Å²) in [6.07, 6.45) is 0. The van der Waals surface area contributed by atoms with Crippen LogP contribution in [0.5, 0.6) is 5.75 Å². The molecule has 1 heterocycles. The van der Waals surface area contributed by atoms with E-state index in [1.807, 2.05) is 30.3 Å². The van der Waals surface area contributed by atoms with Gasteiger partial charge in [-0.3, -0.25) is 0 Å². The maximum atomic E-state index is 5.63. The van der Waals surface area contributed by atoms with Crippen molar-refractivity contribution in [1.82, 2.24) is 4.98 Å². The summed E-state index contributed by atoms with van der Waals surface area (Å²) in [7, 11) is 1.67. The smallest absolute Gasteiger partial charge is 0.123 e. The van der Waals surface area contributed by atoms with Gasteiger partial charge in [-0.1, -0.05) is 12.1 Å². The highest BCUT2D eigenvalue weighted by Gasteiger charge is 1.99. The standard InChI is InChI=1S/C13H14N2OS/c1-16-11-5-3-6-12(8-11)17-9-10-4-2-7-13(14)15-10/h2-8H,9H2,1H3,(H2,14,15). The molecule has 0 amide bonds. The molecule has 0 aliphatic heterocycles. The van der Waals surface area contributed by atoms with E-state index >= 15 is 0 Å². The number of rotatable bonds is 4. The summed E-state index contributed by atoms with van der Waals surface area (Å²) in [5, 5.41) is 0. The number of anilines is 1. The summed E-state index contributed by atoms with van der Waals surface area (Å²) in [5.74, 6) is 2.24. The van der Waals surface area contributed by atoms with Crippen molar-refractivity contribution in [2.45, 2.75) is 10.6 Å². The van der Waals surface area contributed by atoms with Crippen molar-refractivity contribution in [2.75, 3.05) is 12.8 Å². The van der Waals surface area contributed by atoms with Gasteiger partial charge in [-0.25, -0.2) is 4.98 Å². The molecule has 2 aromatic rings. The minimum absolute atomic E-state index is 0.564. The first-order valence-corrected chi connectivity index (χ1v) is 6.25. The maximum Gasteiger partial charge on any atom is 0.123 e. The Kier molecular flexibility index (Phi) is 3.88. The molecule has 0 radical (unpaired) electrons. The molecule has 1 aromatic heterocycles. The minimum Gasteiger partial charge on any atom is -0.497 e. The number of benzene rings is 1. The second-order valence-electron chi connectivity index (χ2n) is 3.52. The van der Waals surface area contributed by atoms with Gasteiger partial charge in [0, 0.05) is 10.6 Å². The Labute approximate surface area is 105 Å². The van der Waals surface area contributed by atoms with Crippen molar-refractivity contribution in [3.63, 3.8) is 0 Å². The van der Waals surface area contributed by atoms with Gasteiger partial charge in [0.15, 0.2) is 0 Å². The Morgan fingerprint density at radius 2 is 2.06 bits per heavy atom. The lowest BCUT2D eigenvalue weighted by Crippen LogP contribution is -1.93. The Morgan fingerprint density at radius 1 is 1.24 bits per heavy atom. The van der Waals surface area contributed by atoms with Crippen LogP contribution in [0.4, 0.5) is 5.82 Å². The number of nitrogen functional groups attached to an aromatic ring is 1. The number of nitrogens with zero attached hydrogens (tertiary/aromatic N) is 1. The summed E-state index contributed by atoms with van der Waals surface area (Å²) in [5.41, 5.74) is 6.62. The quantitative estimate of drug-likeness (QED) is 0.843. The Bertz CT molecular complexity index is 502. The Balaban J connectivity index is 2.02. The molecule has 1 aromatic carbocycles. The van der Waals surface area contributed by atoms with E-state index in [1.54, 1.807) is 24.9 Å². The zero-order valence-electron chi connectivity index (χ0n) is 9.59. The normalized spacial score (nSPS) is 10.2. The van der Waals surface area contributed by atoms with E-state index in [4.69, 9.17) is 10.5 Å². The molecule has 2 N–H and O–H groups in total. The van der Waals surface area contributed by atoms with Crippen molar-refractivity contribution >= 4 is 17.6 Å². The van der Waals surface area contributed by atoms with Gasteiger partial charge in [-0.05, 0) is 30.3 Å². The molecule has 0 atom stereocenters. The number of aromatic nitrogens is 1. The molecular formula is C13H14N2OS. The molecule has 0 spiro atoms. The van der Waals surface area contributed by atoms with E-state index in [0.717, 1.165) is 22.1 Å². The van der Waals surface area contributed by atoms with E-state index in [1.165, 1.54) is 0 Å². The van der Waals surface area contributed by atoms with Crippen molar-refractivity contribution < 1.29 is 4.74 Å². The minimum atomic E-state index is 0.564. The number of pyridine rings is 1. The predicted octanol–water partition coefficient (Wildman–Crippen LogP) is 2.96. The fourth-order valence-electron chi connectivity index (χ4n) is 1.43. The highest BCUT2D eigenvalue weighted by Crippen LogP contribution is 2.25. The van der Waals surface area contributed by atoms with Crippen LogP contribution >= 0.6 is 11.8 Å². The molecular weight excluding hydrogens is 232 g/mol. The third-order valence-corrected chi connectivity index (χ3v) is 3.28. The second kappa shape index (κ2) is 5.59. The first-order valence-electron chi connectivity index (χ1n) is 5.26.